The van der Waals surface area contributed by atoms with E-state index >= 15 is 0 Å². The van der Waals surface area contributed by atoms with Crippen molar-refractivity contribution in [1.82, 2.24) is 5.32 Å². The molecule has 5 atom stereocenters. The first kappa shape index (κ1) is 24.7. The van der Waals surface area contributed by atoms with Crippen LogP contribution in [0.2, 0.25) is 0 Å². The van der Waals surface area contributed by atoms with Gasteiger partial charge in [0.25, 0.3) is 0 Å². The Bertz CT molecular complexity index is 1070. The highest BCUT2D eigenvalue weighted by Crippen LogP contribution is 2.46. The van der Waals surface area contributed by atoms with Crippen molar-refractivity contribution in [2.45, 2.75) is 62.9 Å². The Balaban J connectivity index is 1.35. The molecule has 2 fully saturated rings. The molecular weight excluding hydrogens is 460 g/mol. The molecule has 3 aliphatic heterocycles. The predicted octanol–water partition coefficient (Wildman–Crippen LogP) is 3.31. The molecular formula is C28H34N2O6. The van der Waals surface area contributed by atoms with Gasteiger partial charge in [-0.2, -0.15) is 0 Å². The lowest BCUT2D eigenvalue weighted by Crippen LogP contribution is -2.48. The topological polar surface area (TPSA) is 106 Å². The van der Waals surface area contributed by atoms with E-state index in [4.69, 9.17) is 14.2 Å². The van der Waals surface area contributed by atoms with Gasteiger partial charge in [0.2, 0.25) is 11.8 Å². The number of rotatable bonds is 7. The van der Waals surface area contributed by atoms with Crippen molar-refractivity contribution < 1.29 is 28.9 Å². The molecule has 0 aliphatic carbocycles. The van der Waals surface area contributed by atoms with Crippen LogP contribution in [0.4, 0.5) is 5.69 Å². The Labute approximate surface area is 211 Å². The number of anilines is 1. The van der Waals surface area contributed by atoms with Crippen LogP contribution in [0.3, 0.4) is 0 Å². The lowest BCUT2D eigenvalue weighted by molar-refractivity contribution is -0.148. The second-order valence-electron chi connectivity index (χ2n) is 9.92. The molecule has 2 aromatic rings. The summed E-state index contributed by atoms with van der Waals surface area (Å²) in [6.07, 6.45) is 1.17. The van der Waals surface area contributed by atoms with E-state index in [9.17, 15) is 14.7 Å². The third kappa shape index (κ3) is 5.40. The van der Waals surface area contributed by atoms with Crippen LogP contribution in [-0.2, 0) is 19.1 Å². The molecule has 8 nitrogen and oxygen atoms in total. The summed E-state index contributed by atoms with van der Waals surface area (Å²) in [5.74, 6) is -0.376. The minimum Gasteiger partial charge on any atom is -0.490 e. The lowest BCUT2D eigenvalue weighted by Gasteiger charge is -2.40. The summed E-state index contributed by atoms with van der Waals surface area (Å²) in [6.45, 7) is 2.98. The second kappa shape index (κ2) is 11.0. The van der Waals surface area contributed by atoms with Crippen LogP contribution in [0.25, 0.3) is 0 Å². The Morgan fingerprint density at radius 3 is 2.72 bits per heavy atom. The maximum absolute atomic E-state index is 13.2. The fourth-order valence-corrected chi connectivity index (χ4v) is 5.59. The van der Waals surface area contributed by atoms with Gasteiger partial charge in [0, 0.05) is 30.0 Å². The lowest BCUT2D eigenvalue weighted by atomic mass is 9.76. The summed E-state index contributed by atoms with van der Waals surface area (Å²) >= 11 is 0. The zero-order valence-corrected chi connectivity index (χ0v) is 20.5. The first-order valence-corrected chi connectivity index (χ1v) is 12.8. The van der Waals surface area contributed by atoms with E-state index in [0.717, 1.165) is 29.7 Å². The van der Waals surface area contributed by atoms with Crippen LogP contribution >= 0.6 is 0 Å². The first-order chi connectivity index (χ1) is 17.5. The molecule has 0 radical (unpaired) electrons. The van der Waals surface area contributed by atoms with Crippen LogP contribution in [0.1, 0.15) is 55.7 Å². The van der Waals surface area contributed by atoms with E-state index in [1.807, 2.05) is 55.5 Å². The van der Waals surface area contributed by atoms with Crippen LogP contribution in [0.5, 0.6) is 5.75 Å². The number of aliphatic hydroxyl groups excluding tert-OH is 1. The fourth-order valence-electron chi connectivity index (χ4n) is 5.59. The third-order valence-electron chi connectivity index (χ3n) is 7.43. The number of aliphatic hydroxyl groups is 1. The van der Waals surface area contributed by atoms with E-state index < -0.39 is 18.1 Å². The average molecular weight is 495 g/mol. The van der Waals surface area contributed by atoms with E-state index in [2.05, 4.69) is 10.6 Å². The number of amides is 2. The Hall–Kier alpha value is -2.94. The van der Waals surface area contributed by atoms with Gasteiger partial charge in [-0.1, -0.05) is 30.3 Å². The normalized spacial score (nSPS) is 26.8. The number of nitrogens with one attached hydrogen (secondary N) is 2. The molecule has 0 unspecified atom stereocenters. The largest absolute Gasteiger partial charge is 0.490 e. The van der Waals surface area contributed by atoms with Gasteiger partial charge >= 0.3 is 0 Å². The van der Waals surface area contributed by atoms with Crippen molar-refractivity contribution >= 4 is 17.5 Å². The van der Waals surface area contributed by atoms with Crippen molar-refractivity contribution in [2.75, 3.05) is 25.1 Å². The molecule has 192 valence electrons. The van der Waals surface area contributed by atoms with E-state index in [1.165, 1.54) is 0 Å². The Morgan fingerprint density at radius 1 is 1.19 bits per heavy atom. The second-order valence-corrected chi connectivity index (χ2v) is 9.92. The molecule has 8 heteroatoms. The SMILES string of the molecule is C[C@@H](NC(=O)C[C@@H]1C[C@H]2c3cc(ccc3OC3CCOCC3)NC(=O)[C@H]2[C@H](CO)O1)c1ccccc1. The average Bonchev–Trinajstić information content (AvgIpc) is 3.00. The molecule has 0 saturated carbocycles. The van der Waals surface area contributed by atoms with E-state index in [0.29, 0.717) is 25.3 Å². The molecule has 2 saturated heterocycles. The zero-order chi connectivity index (χ0) is 25.1. The molecule has 3 N–H and O–H groups in total. The van der Waals surface area contributed by atoms with E-state index in [1.54, 1.807) is 0 Å². The molecule has 0 spiro atoms. The summed E-state index contributed by atoms with van der Waals surface area (Å²) in [5, 5.41) is 16.2. The van der Waals surface area contributed by atoms with Crippen molar-refractivity contribution in [2.24, 2.45) is 5.92 Å². The number of benzene rings is 2. The number of hydrogen-bond acceptors (Lipinski definition) is 6. The zero-order valence-electron chi connectivity index (χ0n) is 20.5. The van der Waals surface area contributed by atoms with Gasteiger partial charge in [-0.3, -0.25) is 9.59 Å². The predicted molar refractivity (Wildman–Crippen MR) is 134 cm³/mol. The van der Waals surface area contributed by atoms with Gasteiger partial charge in [0.15, 0.2) is 0 Å². The van der Waals surface area contributed by atoms with Crippen LogP contribution < -0.4 is 15.4 Å². The summed E-state index contributed by atoms with van der Waals surface area (Å²) in [4.78, 5) is 26.1. The smallest absolute Gasteiger partial charge is 0.230 e. The first-order valence-electron chi connectivity index (χ1n) is 12.8. The van der Waals surface area contributed by atoms with Crippen molar-refractivity contribution in [3.63, 3.8) is 0 Å². The maximum atomic E-state index is 13.2. The van der Waals surface area contributed by atoms with Crippen LogP contribution in [-0.4, -0.2) is 55.1 Å². The number of ether oxygens (including phenoxy) is 3. The number of carbonyl (C=O) groups excluding carboxylic acids is 2. The molecule has 5 rings (SSSR count). The Morgan fingerprint density at radius 2 is 1.97 bits per heavy atom. The van der Waals surface area contributed by atoms with Crippen LogP contribution in [0, 0.1) is 5.92 Å². The highest BCUT2D eigenvalue weighted by molar-refractivity contribution is 5.95. The molecule has 36 heavy (non-hydrogen) atoms. The summed E-state index contributed by atoms with van der Waals surface area (Å²) < 4.78 is 18.0. The standard InChI is InChI=1S/C28H34N2O6/c1-17(18-5-3-2-4-6-18)29-26(32)15-21-14-23-22-13-19(30-28(33)27(23)25(16-31)36-21)7-8-24(22)35-20-9-11-34-12-10-20/h2-8,13,17,20-21,23,25,27,31H,9-12,14-16H2,1H3,(H,29,32)(H,30,33)/t17-,21+,23+,25+,27-/m1/s1. The minimum absolute atomic E-state index is 0.0562. The fraction of sp³-hybridized carbons (Fsp3) is 0.500. The van der Waals surface area contributed by atoms with Gasteiger partial charge in [-0.25, -0.2) is 0 Å². The van der Waals surface area contributed by atoms with Gasteiger partial charge in [0.1, 0.15) is 11.9 Å². The van der Waals surface area contributed by atoms with Crippen LogP contribution in [0.15, 0.2) is 48.5 Å². The molecule has 2 aromatic carbocycles. The number of carbonyl (C=O) groups is 2. The maximum Gasteiger partial charge on any atom is 0.230 e. The van der Waals surface area contributed by atoms with E-state index in [-0.39, 0.29) is 42.9 Å². The summed E-state index contributed by atoms with van der Waals surface area (Å²) in [5.41, 5.74) is 2.65. The molecule has 0 aromatic heterocycles. The molecule has 2 bridgehead atoms. The summed E-state index contributed by atoms with van der Waals surface area (Å²) in [7, 11) is 0. The highest BCUT2D eigenvalue weighted by atomic mass is 16.5. The van der Waals surface area contributed by atoms with Gasteiger partial charge in [-0.05, 0) is 37.1 Å². The van der Waals surface area contributed by atoms with Gasteiger partial charge in [0.05, 0.1) is 50.4 Å². The minimum atomic E-state index is -0.710. The quantitative estimate of drug-likeness (QED) is 0.545. The number of hydrogen-bond donors (Lipinski definition) is 3. The third-order valence-corrected chi connectivity index (χ3v) is 7.43. The molecule has 2 amide bonds. The van der Waals surface area contributed by atoms with Gasteiger partial charge in [-0.15, -0.1) is 0 Å². The summed E-state index contributed by atoms with van der Waals surface area (Å²) in [6, 6.07) is 15.4. The van der Waals surface area contributed by atoms with Gasteiger partial charge < -0.3 is 30.0 Å². The molecule has 3 heterocycles. The van der Waals surface area contributed by atoms with Crippen molar-refractivity contribution in [1.29, 1.82) is 0 Å². The Kier molecular flexibility index (Phi) is 7.55. The highest BCUT2D eigenvalue weighted by Gasteiger charge is 2.46. The monoisotopic (exact) mass is 494 g/mol. The van der Waals surface area contributed by atoms with Crippen molar-refractivity contribution in [3.8, 4) is 5.75 Å². The molecule has 3 aliphatic rings. The number of fused-ring (bicyclic) bond motifs is 4. The van der Waals surface area contributed by atoms with Crippen molar-refractivity contribution in [3.05, 3.63) is 59.7 Å².